The highest BCUT2D eigenvalue weighted by Gasteiger charge is 2.29. The molecule has 2 heteroatoms. The van der Waals surface area contributed by atoms with Crippen LogP contribution in [0.25, 0.3) is 0 Å². The summed E-state index contributed by atoms with van der Waals surface area (Å²) < 4.78 is 0. The third-order valence-electron chi connectivity index (χ3n) is 4.22. The zero-order valence-corrected chi connectivity index (χ0v) is 10.4. The summed E-state index contributed by atoms with van der Waals surface area (Å²) in [5, 5.41) is 0. The fraction of sp³-hybridized carbons (Fsp3) is 1.00. The SMILES string of the molecule is CCCC1CCN(C2CCN(C)CC2)C1. The van der Waals surface area contributed by atoms with Crippen LogP contribution in [0.2, 0.25) is 0 Å². The first-order chi connectivity index (χ1) is 7.29. The second-order valence-corrected chi connectivity index (χ2v) is 5.47. The number of piperidine rings is 1. The van der Waals surface area contributed by atoms with E-state index in [-0.39, 0.29) is 0 Å². The summed E-state index contributed by atoms with van der Waals surface area (Å²) in [6.45, 7) is 7.69. The summed E-state index contributed by atoms with van der Waals surface area (Å²) in [5.74, 6) is 1.01. The molecule has 1 atom stereocenters. The van der Waals surface area contributed by atoms with Crippen LogP contribution in [0.3, 0.4) is 0 Å². The third kappa shape index (κ3) is 2.94. The summed E-state index contributed by atoms with van der Waals surface area (Å²) in [4.78, 5) is 5.24. The van der Waals surface area contributed by atoms with E-state index in [9.17, 15) is 0 Å². The number of rotatable bonds is 3. The summed E-state index contributed by atoms with van der Waals surface area (Å²) in [7, 11) is 2.25. The molecule has 0 bridgehead atoms. The minimum absolute atomic E-state index is 0.906. The molecule has 2 aliphatic rings. The fourth-order valence-corrected chi connectivity index (χ4v) is 3.20. The Kier molecular flexibility index (Phi) is 4.04. The predicted octanol–water partition coefficient (Wildman–Crippen LogP) is 2.20. The van der Waals surface area contributed by atoms with Gasteiger partial charge in [-0.3, -0.25) is 0 Å². The molecular formula is C13H26N2. The van der Waals surface area contributed by atoms with Crippen molar-refractivity contribution < 1.29 is 0 Å². The lowest BCUT2D eigenvalue weighted by Crippen LogP contribution is -2.42. The van der Waals surface area contributed by atoms with E-state index in [0.29, 0.717) is 0 Å². The standard InChI is InChI=1S/C13H26N2/c1-3-4-12-5-10-15(11-12)13-6-8-14(2)9-7-13/h12-13H,3-11H2,1-2H3. The Labute approximate surface area is 94.6 Å². The van der Waals surface area contributed by atoms with Crippen molar-refractivity contribution in [3.05, 3.63) is 0 Å². The van der Waals surface area contributed by atoms with Gasteiger partial charge in [0.05, 0.1) is 0 Å². The molecule has 0 N–H and O–H groups in total. The van der Waals surface area contributed by atoms with Gasteiger partial charge in [0.25, 0.3) is 0 Å². The summed E-state index contributed by atoms with van der Waals surface area (Å²) in [6.07, 6.45) is 7.07. The van der Waals surface area contributed by atoms with E-state index >= 15 is 0 Å². The van der Waals surface area contributed by atoms with Crippen LogP contribution < -0.4 is 0 Å². The Morgan fingerprint density at radius 1 is 1.07 bits per heavy atom. The Bertz CT molecular complexity index is 185. The molecule has 0 aromatic carbocycles. The molecule has 0 aromatic rings. The van der Waals surface area contributed by atoms with Gasteiger partial charge in [-0.05, 0) is 58.3 Å². The van der Waals surface area contributed by atoms with Crippen LogP contribution in [0.15, 0.2) is 0 Å². The first kappa shape index (κ1) is 11.4. The van der Waals surface area contributed by atoms with Crippen LogP contribution in [-0.2, 0) is 0 Å². The van der Waals surface area contributed by atoms with Crippen molar-refractivity contribution in [2.24, 2.45) is 5.92 Å². The third-order valence-corrected chi connectivity index (χ3v) is 4.22. The molecule has 15 heavy (non-hydrogen) atoms. The van der Waals surface area contributed by atoms with Gasteiger partial charge in [0.15, 0.2) is 0 Å². The Morgan fingerprint density at radius 2 is 1.80 bits per heavy atom. The van der Waals surface area contributed by atoms with Crippen LogP contribution in [0.1, 0.15) is 39.0 Å². The maximum Gasteiger partial charge on any atom is 0.0120 e. The van der Waals surface area contributed by atoms with Crippen LogP contribution in [0, 0.1) is 5.92 Å². The van der Waals surface area contributed by atoms with E-state index in [2.05, 4.69) is 23.8 Å². The molecule has 0 spiro atoms. The molecule has 2 rings (SSSR count). The monoisotopic (exact) mass is 210 g/mol. The average Bonchev–Trinajstić information content (AvgIpc) is 2.68. The van der Waals surface area contributed by atoms with Gasteiger partial charge in [0.2, 0.25) is 0 Å². The molecule has 2 heterocycles. The molecule has 2 fully saturated rings. The molecule has 2 saturated heterocycles. The second-order valence-electron chi connectivity index (χ2n) is 5.47. The highest BCUT2D eigenvalue weighted by molar-refractivity contribution is 4.84. The molecular weight excluding hydrogens is 184 g/mol. The number of likely N-dealkylation sites (tertiary alicyclic amines) is 2. The van der Waals surface area contributed by atoms with Crippen molar-refractivity contribution in [1.29, 1.82) is 0 Å². The van der Waals surface area contributed by atoms with Gasteiger partial charge in [-0.2, -0.15) is 0 Å². The maximum absolute atomic E-state index is 2.77. The molecule has 1 unspecified atom stereocenters. The van der Waals surface area contributed by atoms with Crippen LogP contribution in [0.4, 0.5) is 0 Å². The fourth-order valence-electron chi connectivity index (χ4n) is 3.20. The van der Waals surface area contributed by atoms with E-state index in [1.807, 2.05) is 0 Å². The van der Waals surface area contributed by atoms with Crippen LogP contribution in [0.5, 0.6) is 0 Å². The second kappa shape index (κ2) is 5.31. The van der Waals surface area contributed by atoms with E-state index in [4.69, 9.17) is 0 Å². The smallest absolute Gasteiger partial charge is 0.0120 e. The highest BCUT2D eigenvalue weighted by Crippen LogP contribution is 2.26. The summed E-state index contributed by atoms with van der Waals surface area (Å²) in [6, 6.07) is 0.906. The molecule has 88 valence electrons. The molecule has 0 radical (unpaired) electrons. The lowest BCUT2D eigenvalue weighted by atomic mass is 10.0. The Morgan fingerprint density at radius 3 is 2.47 bits per heavy atom. The van der Waals surface area contributed by atoms with Crippen LogP contribution >= 0.6 is 0 Å². The van der Waals surface area contributed by atoms with Crippen molar-refractivity contribution in [1.82, 2.24) is 9.80 Å². The first-order valence-corrected chi connectivity index (χ1v) is 6.72. The maximum atomic E-state index is 2.77. The van der Waals surface area contributed by atoms with E-state index < -0.39 is 0 Å². The molecule has 2 nitrogen and oxygen atoms in total. The predicted molar refractivity (Wildman–Crippen MR) is 65.1 cm³/mol. The summed E-state index contributed by atoms with van der Waals surface area (Å²) >= 11 is 0. The van der Waals surface area contributed by atoms with Gasteiger partial charge in [0.1, 0.15) is 0 Å². The molecule has 2 aliphatic heterocycles. The largest absolute Gasteiger partial charge is 0.306 e. The minimum Gasteiger partial charge on any atom is -0.306 e. The Balaban J connectivity index is 1.75. The quantitative estimate of drug-likeness (QED) is 0.704. The lowest BCUT2D eigenvalue weighted by Gasteiger charge is -2.35. The van der Waals surface area contributed by atoms with Crippen molar-refractivity contribution in [3.8, 4) is 0 Å². The number of hydrogen-bond donors (Lipinski definition) is 0. The number of nitrogens with zero attached hydrogens (tertiary/aromatic N) is 2. The van der Waals surface area contributed by atoms with Crippen molar-refractivity contribution >= 4 is 0 Å². The number of hydrogen-bond acceptors (Lipinski definition) is 2. The minimum atomic E-state index is 0.906. The molecule has 0 aromatic heterocycles. The van der Waals surface area contributed by atoms with Gasteiger partial charge in [0, 0.05) is 12.6 Å². The topological polar surface area (TPSA) is 6.48 Å². The lowest BCUT2D eigenvalue weighted by molar-refractivity contribution is 0.139. The van der Waals surface area contributed by atoms with Crippen LogP contribution in [-0.4, -0.2) is 49.1 Å². The van der Waals surface area contributed by atoms with E-state index in [1.54, 1.807) is 0 Å². The first-order valence-electron chi connectivity index (χ1n) is 6.72. The molecule has 0 amide bonds. The van der Waals surface area contributed by atoms with Crippen molar-refractivity contribution in [2.45, 2.75) is 45.1 Å². The zero-order valence-electron chi connectivity index (χ0n) is 10.4. The van der Waals surface area contributed by atoms with E-state index in [0.717, 1.165) is 12.0 Å². The summed E-state index contributed by atoms with van der Waals surface area (Å²) in [5.41, 5.74) is 0. The molecule has 0 saturated carbocycles. The van der Waals surface area contributed by atoms with Crippen molar-refractivity contribution in [2.75, 3.05) is 33.2 Å². The van der Waals surface area contributed by atoms with Crippen molar-refractivity contribution in [3.63, 3.8) is 0 Å². The molecule has 0 aliphatic carbocycles. The van der Waals surface area contributed by atoms with Gasteiger partial charge in [-0.15, -0.1) is 0 Å². The van der Waals surface area contributed by atoms with Gasteiger partial charge in [-0.25, -0.2) is 0 Å². The van der Waals surface area contributed by atoms with Gasteiger partial charge >= 0.3 is 0 Å². The Hall–Kier alpha value is -0.0800. The zero-order chi connectivity index (χ0) is 10.7. The normalized spacial score (nSPS) is 31.2. The van der Waals surface area contributed by atoms with E-state index in [1.165, 1.54) is 58.3 Å². The highest BCUT2D eigenvalue weighted by atomic mass is 15.2. The van der Waals surface area contributed by atoms with Gasteiger partial charge < -0.3 is 9.80 Å². The average molecular weight is 210 g/mol. The van der Waals surface area contributed by atoms with Gasteiger partial charge in [-0.1, -0.05) is 13.3 Å².